The molecule has 0 saturated heterocycles. The number of hydrogen-bond donors (Lipinski definition) is 3. The molecule has 4 N–H and O–H groups in total. The number of amidine groups is 1. The summed E-state index contributed by atoms with van der Waals surface area (Å²) in [6, 6.07) is 0.213. The quantitative estimate of drug-likeness (QED) is 0.308. The minimum absolute atomic E-state index is 0.00887. The lowest BCUT2D eigenvalue weighted by Gasteiger charge is -2.25. The van der Waals surface area contributed by atoms with Crippen LogP contribution in [0.2, 0.25) is 0 Å². The van der Waals surface area contributed by atoms with Crippen LogP contribution in [0, 0.1) is 23.7 Å². The molecule has 0 aromatic carbocycles. The molecule has 0 aliphatic heterocycles. The van der Waals surface area contributed by atoms with Gasteiger partial charge in [0.2, 0.25) is 5.91 Å². The van der Waals surface area contributed by atoms with Crippen molar-refractivity contribution >= 4 is 11.7 Å². The molecule has 1 amide bonds. The maximum absolute atomic E-state index is 12.3. The summed E-state index contributed by atoms with van der Waals surface area (Å²) in [5.41, 5.74) is 5.62. The second-order valence-electron chi connectivity index (χ2n) is 5.97. The summed E-state index contributed by atoms with van der Waals surface area (Å²) in [6.45, 7) is 8.18. The van der Waals surface area contributed by atoms with Gasteiger partial charge in [-0.1, -0.05) is 39.3 Å². The number of rotatable bonds is 5. The molecule has 0 bridgehead atoms. The number of carbonyl (C=O) groups excluding carboxylic acids is 1. The van der Waals surface area contributed by atoms with Crippen molar-refractivity contribution in [3.8, 4) is 0 Å². The van der Waals surface area contributed by atoms with Crippen LogP contribution in [-0.2, 0) is 4.79 Å². The van der Waals surface area contributed by atoms with E-state index in [1.165, 1.54) is 6.42 Å². The van der Waals surface area contributed by atoms with Crippen molar-refractivity contribution in [3.63, 3.8) is 0 Å². The van der Waals surface area contributed by atoms with Crippen molar-refractivity contribution < 1.29 is 10.0 Å². The lowest BCUT2D eigenvalue weighted by atomic mass is 9.91. The molecule has 1 rings (SSSR count). The Kier molecular flexibility index (Phi) is 5.63. The Balaban J connectivity index is 2.68. The summed E-state index contributed by atoms with van der Waals surface area (Å²) in [7, 11) is 0. The molecule has 5 nitrogen and oxygen atoms in total. The van der Waals surface area contributed by atoms with Gasteiger partial charge in [0, 0.05) is 6.04 Å². The fourth-order valence-corrected chi connectivity index (χ4v) is 3.14. The van der Waals surface area contributed by atoms with E-state index in [0.29, 0.717) is 11.8 Å². The smallest absolute Gasteiger partial charge is 0.231 e. The Morgan fingerprint density at radius 3 is 2.53 bits per heavy atom. The predicted molar refractivity (Wildman–Crippen MR) is 75.8 cm³/mol. The summed E-state index contributed by atoms with van der Waals surface area (Å²) in [5.74, 6) is 0.497. The van der Waals surface area contributed by atoms with E-state index in [4.69, 9.17) is 10.9 Å². The molecule has 0 heterocycles. The second-order valence-corrected chi connectivity index (χ2v) is 5.97. The maximum Gasteiger partial charge on any atom is 0.231 e. The number of nitrogens with two attached hydrogens (primary N) is 1. The minimum atomic E-state index is -0.558. The van der Waals surface area contributed by atoms with Gasteiger partial charge in [0.05, 0.1) is 0 Å². The second kappa shape index (κ2) is 6.78. The van der Waals surface area contributed by atoms with Crippen LogP contribution in [-0.4, -0.2) is 23.0 Å². The highest BCUT2D eigenvalue weighted by atomic mass is 16.4. The Morgan fingerprint density at radius 1 is 1.47 bits per heavy atom. The molecule has 19 heavy (non-hydrogen) atoms. The lowest BCUT2D eigenvalue weighted by molar-refractivity contribution is -0.125. The average Bonchev–Trinajstić information content (AvgIpc) is 2.70. The molecule has 0 spiro atoms. The Hall–Kier alpha value is -1.26. The van der Waals surface area contributed by atoms with Crippen molar-refractivity contribution in [2.24, 2.45) is 34.6 Å². The van der Waals surface area contributed by atoms with Crippen LogP contribution >= 0.6 is 0 Å². The summed E-state index contributed by atoms with van der Waals surface area (Å²) in [5, 5.41) is 14.8. The van der Waals surface area contributed by atoms with Crippen molar-refractivity contribution in [1.82, 2.24) is 5.32 Å². The summed E-state index contributed by atoms with van der Waals surface area (Å²) in [4.78, 5) is 12.3. The summed E-state index contributed by atoms with van der Waals surface area (Å²) in [6.07, 6.45) is 3.34. The van der Waals surface area contributed by atoms with E-state index in [0.717, 1.165) is 12.8 Å². The van der Waals surface area contributed by atoms with Gasteiger partial charge in [0.15, 0.2) is 5.84 Å². The maximum atomic E-state index is 12.3. The Labute approximate surface area is 115 Å². The van der Waals surface area contributed by atoms with Gasteiger partial charge < -0.3 is 16.3 Å². The number of carbonyl (C=O) groups is 1. The fraction of sp³-hybridized carbons (Fsp3) is 0.857. The van der Waals surface area contributed by atoms with Gasteiger partial charge in [-0.3, -0.25) is 4.79 Å². The van der Waals surface area contributed by atoms with E-state index >= 15 is 0 Å². The third-order valence-electron chi connectivity index (χ3n) is 4.46. The molecule has 0 aromatic rings. The molecule has 1 aliphatic carbocycles. The zero-order chi connectivity index (χ0) is 14.6. The zero-order valence-corrected chi connectivity index (χ0v) is 12.4. The van der Waals surface area contributed by atoms with Crippen LogP contribution in [0.15, 0.2) is 5.16 Å². The average molecular weight is 269 g/mol. The summed E-state index contributed by atoms with van der Waals surface area (Å²) < 4.78 is 0. The number of nitrogens with zero attached hydrogens (tertiary/aromatic N) is 1. The van der Waals surface area contributed by atoms with Crippen LogP contribution in [0.25, 0.3) is 0 Å². The standard InChI is InChI=1S/C14H27N3O2/c1-5-10-6-7-11(9(10)4)16-14(18)12(8(2)3)13(15)17-19/h8-12,19H,5-7H2,1-4H3,(H2,15,17)(H,16,18). The number of hydrogen-bond acceptors (Lipinski definition) is 3. The van der Waals surface area contributed by atoms with Crippen LogP contribution in [0.4, 0.5) is 0 Å². The van der Waals surface area contributed by atoms with Crippen molar-refractivity contribution in [2.75, 3.05) is 0 Å². The highest BCUT2D eigenvalue weighted by molar-refractivity contribution is 6.02. The Morgan fingerprint density at radius 2 is 2.11 bits per heavy atom. The molecule has 1 aliphatic rings. The highest BCUT2D eigenvalue weighted by Gasteiger charge is 2.35. The van der Waals surface area contributed by atoms with Gasteiger partial charge in [0.1, 0.15) is 5.92 Å². The first-order valence-corrected chi connectivity index (χ1v) is 7.20. The first kappa shape index (κ1) is 15.8. The third-order valence-corrected chi connectivity index (χ3v) is 4.46. The SMILES string of the molecule is CCC1CCC(NC(=O)C(C(N)=NO)C(C)C)C1C. The van der Waals surface area contributed by atoms with E-state index < -0.39 is 5.92 Å². The summed E-state index contributed by atoms with van der Waals surface area (Å²) >= 11 is 0. The molecule has 0 aromatic heterocycles. The molecule has 5 heteroatoms. The molecule has 0 radical (unpaired) electrons. The largest absolute Gasteiger partial charge is 0.409 e. The molecular weight excluding hydrogens is 242 g/mol. The van der Waals surface area contributed by atoms with E-state index in [1.54, 1.807) is 0 Å². The van der Waals surface area contributed by atoms with E-state index in [9.17, 15) is 4.79 Å². The Bertz CT molecular complexity index is 342. The molecule has 4 atom stereocenters. The topological polar surface area (TPSA) is 87.7 Å². The molecule has 110 valence electrons. The lowest BCUT2D eigenvalue weighted by Crippen LogP contribution is -2.46. The van der Waals surface area contributed by atoms with Gasteiger partial charge in [0.25, 0.3) is 0 Å². The number of amides is 1. The van der Waals surface area contributed by atoms with Crippen LogP contribution in [0.5, 0.6) is 0 Å². The fourth-order valence-electron chi connectivity index (χ4n) is 3.14. The highest BCUT2D eigenvalue weighted by Crippen LogP contribution is 2.34. The van der Waals surface area contributed by atoms with Gasteiger partial charge in [-0.2, -0.15) is 0 Å². The normalized spacial score (nSPS) is 29.5. The van der Waals surface area contributed by atoms with Gasteiger partial charge in [-0.25, -0.2) is 0 Å². The first-order valence-electron chi connectivity index (χ1n) is 7.20. The van der Waals surface area contributed by atoms with Gasteiger partial charge in [-0.15, -0.1) is 0 Å². The van der Waals surface area contributed by atoms with E-state index in [2.05, 4.69) is 24.3 Å². The molecule has 4 unspecified atom stereocenters. The van der Waals surface area contributed by atoms with E-state index in [1.807, 2.05) is 13.8 Å². The van der Waals surface area contributed by atoms with Gasteiger partial charge >= 0.3 is 0 Å². The number of oxime groups is 1. The van der Waals surface area contributed by atoms with Gasteiger partial charge in [-0.05, 0) is 30.6 Å². The van der Waals surface area contributed by atoms with E-state index in [-0.39, 0.29) is 23.7 Å². The van der Waals surface area contributed by atoms with Crippen molar-refractivity contribution in [2.45, 2.75) is 53.0 Å². The predicted octanol–water partition coefficient (Wildman–Crippen LogP) is 1.95. The van der Waals surface area contributed by atoms with Crippen LogP contribution in [0.1, 0.15) is 47.0 Å². The number of nitrogens with one attached hydrogen (secondary N) is 1. The van der Waals surface area contributed by atoms with Crippen LogP contribution in [0.3, 0.4) is 0 Å². The van der Waals surface area contributed by atoms with Crippen LogP contribution < -0.4 is 11.1 Å². The van der Waals surface area contributed by atoms with Crippen molar-refractivity contribution in [1.29, 1.82) is 0 Å². The van der Waals surface area contributed by atoms with Crippen molar-refractivity contribution in [3.05, 3.63) is 0 Å². The molecule has 1 fully saturated rings. The minimum Gasteiger partial charge on any atom is -0.409 e. The molecular formula is C14H27N3O2. The zero-order valence-electron chi connectivity index (χ0n) is 12.4. The first-order chi connectivity index (χ1) is 8.92. The third kappa shape index (κ3) is 3.61. The molecule has 1 saturated carbocycles. The monoisotopic (exact) mass is 269 g/mol.